The molecular weight excluding hydrogens is 278 g/mol. The molecule has 0 aromatic carbocycles. The highest BCUT2D eigenvalue weighted by Gasteiger charge is 2.45. The quantitative estimate of drug-likeness (QED) is 0.420. The second-order valence-electron chi connectivity index (χ2n) is 5.95. The zero-order valence-electron chi connectivity index (χ0n) is 13.1. The molecule has 0 radical (unpaired) electrons. The number of nitrogens with two attached hydrogens (primary N) is 1. The SMILES string of the molecule is CCCCOC(=O)OC(=O)CC[C@](N)(C(=O)O)C(C)(C)C. The lowest BCUT2D eigenvalue weighted by Crippen LogP contribution is -2.58. The number of esters is 1. The molecule has 0 rings (SSSR count). The maximum absolute atomic E-state index is 11.5. The minimum absolute atomic E-state index is 0.132. The Labute approximate surface area is 124 Å². The first-order valence-corrected chi connectivity index (χ1v) is 6.94. The van der Waals surface area contributed by atoms with Gasteiger partial charge in [-0.25, -0.2) is 4.79 Å². The summed E-state index contributed by atoms with van der Waals surface area (Å²) in [5.41, 5.74) is 3.54. The van der Waals surface area contributed by atoms with E-state index < -0.39 is 29.0 Å². The highest BCUT2D eigenvalue weighted by atomic mass is 16.7. The van der Waals surface area contributed by atoms with Crippen LogP contribution in [0.1, 0.15) is 53.4 Å². The van der Waals surface area contributed by atoms with Crippen molar-refractivity contribution >= 4 is 18.1 Å². The van der Waals surface area contributed by atoms with Crippen LogP contribution in [-0.4, -0.2) is 35.3 Å². The molecule has 0 spiro atoms. The van der Waals surface area contributed by atoms with Crippen LogP contribution in [0.4, 0.5) is 4.79 Å². The van der Waals surface area contributed by atoms with Crippen LogP contribution in [0, 0.1) is 5.41 Å². The second kappa shape index (κ2) is 7.97. The number of rotatable bonds is 7. The first kappa shape index (κ1) is 19.4. The Morgan fingerprint density at radius 2 is 1.76 bits per heavy atom. The van der Waals surface area contributed by atoms with Gasteiger partial charge in [0, 0.05) is 6.42 Å². The van der Waals surface area contributed by atoms with Crippen LogP contribution < -0.4 is 5.73 Å². The highest BCUT2D eigenvalue weighted by Crippen LogP contribution is 2.32. The molecule has 0 aliphatic heterocycles. The molecule has 0 saturated heterocycles. The van der Waals surface area contributed by atoms with Gasteiger partial charge in [-0.1, -0.05) is 34.1 Å². The number of carbonyl (C=O) groups is 3. The fraction of sp³-hybridized carbons (Fsp3) is 0.786. The molecule has 122 valence electrons. The van der Waals surface area contributed by atoms with Gasteiger partial charge in [0.2, 0.25) is 0 Å². The van der Waals surface area contributed by atoms with E-state index >= 15 is 0 Å². The average molecular weight is 303 g/mol. The van der Waals surface area contributed by atoms with Crippen molar-refractivity contribution in [3.8, 4) is 0 Å². The molecule has 0 saturated carbocycles. The molecule has 0 heterocycles. The third kappa shape index (κ3) is 6.12. The summed E-state index contributed by atoms with van der Waals surface area (Å²) in [5, 5.41) is 9.24. The van der Waals surface area contributed by atoms with Crippen molar-refractivity contribution in [2.75, 3.05) is 6.61 Å². The van der Waals surface area contributed by atoms with E-state index in [0.717, 1.165) is 6.42 Å². The Kier molecular flexibility index (Phi) is 7.35. The molecule has 0 aromatic rings. The monoisotopic (exact) mass is 303 g/mol. The number of carboxylic acid groups (broad SMARTS) is 1. The normalized spacial score (nSPS) is 14.1. The van der Waals surface area contributed by atoms with Crippen molar-refractivity contribution < 1.29 is 29.0 Å². The van der Waals surface area contributed by atoms with Crippen molar-refractivity contribution in [3.63, 3.8) is 0 Å². The molecule has 3 N–H and O–H groups in total. The molecule has 21 heavy (non-hydrogen) atoms. The molecule has 0 bridgehead atoms. The third-order valence-corrected chi connectivity index (χ3v) is 3.36. The molecule has 7 heteroatoms. The lowest BCUT2D eigenvalue weighted by molar-refractivity contribution is -0.149. The molecule has 0 aliphatic rings. The topological polar surface area (TPSA) is 116 Å². The van der Waals surface area contributed by atoms with E-state index in [1.165, 1.54) is 0 Å². The molecule has 0 amide bonds. The van der Waals surface area contributed by atoms with Crippen LogP contribution in [0.3, 0.4) is 0 Å². The molecule has 0 unspecified atom stereocenters. The molecule has 0 fully saturated rings. The van der Waals surface area contributed by atoms with Gasteiger partial charge in [0.15, 0.2) is 0 Å². The van der Waals surface area contributed by atoms with Gasteiger partial charge < -0.3 is 20.3 Å². The average Bonchev–Trinajstić information content (AvgIpc) is 2.34. The third-order valence-electron chi connectivity index (χ3n) is 3.36. The van der Waals surface area contributed by atoms with Crippen LogP contribution in [0.5, 0.6) is 0 Å². The molecule has 7 nitrogen and oxygen atoms in total. The van der Waals surface area contributed by atoms with Gasteiger partial charge in [0.25, 0.3) is 0 Å². The van der Waals surface area contributed by atoms with E-state index in [9.17, 15) is 19.5 Å². The number of carbonyl (C=O) groups excluding carboxylic acids is 2. The second-order valence-corrected chi connectivity index (χ2v) is 5.95. The van der Waals surface area contributed by atoms with Crippen molar-refractivity contribution in [1.29, 1.82) is 0 Å². The van der Waals surface area contributed by atoms with Crippen molar-refractivity contribution in [2.45, 2.75) is 58.9 Å². The van der Waals surface area contributed by atoms with Crippen molar-refractivity contribution in [1.82, 2.24) is 0 Å². The fourth-order valence-corrected chi connectivity index (χ4v) is 1.58. The molecular formula is C14H25NO6. The van der Waals surface area contributed by atoms with E-state index in [4.69, 9.17) is 5.73 Å². The van der Waals surface area contributed by atoms with Crippen LogP contribution in [0.2, 0.25) is 0 Å². The summed E-state index contributed by atoms with van der Waals surface area (Å²) in [5.74, 6) is -2.05. The van der Waals surface area contributed by atoms with Gasteiger partial charge in [-0.3, -0.25) is 9.59 Å². The predicted molar refractivity (Wildman–Crippen MR) is 75.6 cm³/mol. The largest absolute Gasteiger partial charge is 0.516 e. The summed E-state index contributed by atoms with van der Waals surface area (Å²) < 4.78 is 9.11. The Bertz CT molecular complexity index is 387. The molecule has 0 aliphatic carbocycles. The number of aliphatic carboxylic acids is 1. The minimum atomic E-state index is -1.59. The van der Waals surface area contributed by atoms with E-state index in [1.807, 2.05) is 6.92 Å². The summed E-state index contributed by atoms with van der Waals surface area (Å²) in [4.78, 5) is 34.0. The highest BCUT2D eigenvalue weighted by molar-refractivity contribution is 5.84. The summed E-state index contributed by atoms with van der Waals surface area (Å²) in [6, 6.07) is 0. The number of hydrogen-bond acceptors (Lipinski definition) is 6. The van der Waals surface area contributed by atoms with E-state index in [2.05, 4.69) is 9.47 Å². The summed E-state index contributed by atoms with van der Waals surface area (Å²) >= 11 is 0. The first-order chi connectivity index (χ1) is 9.54. The first-order valence-electron chi connectivity index (χ1n) is 6.94. The number of carboxylic acids is 1. The summed E-state index contributed by atoms with van der Waals surface area (Å²) in [6.07, 6.45) is 0.0528. The van der Waals surface area contributed by atoms with Gasteiger partial charge in [0.1, 0.15) is 5.54 Å². The Hall–Kier alpha value is -1.63. The maximum Gasteiger partial charge on any atom is 0.516 e. The lowest BCUT2D eigenvalue weighted by atomic mass is 9.71. The van der Waals surface area contributed by atoms with Gasteiger partial charge in [-0.05, 0) is 18.3 Å². The molecule has 0 aromatic heterocycles. The van der Waals surface area contributed by atoms with E-state index in [0.29, 0.717) is 6.42 Å². The minimum Gasteiger partial charge on any atom is -0.480 e. The maximum atomic E-state index is 11.5. The Balaban J connectivity index is 4.40. The smallest absolute Gasteiger partial charge is 0.480 e. The van der Waals surface area contributed by atoms with Crippen molar-refractivity contribution in [2.24, 2.45) is 11.1 Å². The van der Waals surface area contributed by atoms with Crippen LogP contribution in [0.25, 0.3) is 0 Å². The van der Waals surface area contributed by atoms with Crippen LogP contribution in [0.15, 0.2) is 0 Å². The molecule has 1 atom stereocenters. The number of hydrogen-bond donors (Lipinski definition) is 2. The lowest BCUT2D eigenvalue weighted by Gasteiger charge is -2.37. The van der Waals surface area contributed by atoms with Crippen LogP contribution >= 0.6 is 0 Å². The Morgan fingerprint density at radius 1 is 1.19 bits per heavy atom. The summed E-state index contributed by atoms with van der Waals surface area (Å²) in [7, 11) is 0. The van der Waals surface area contributed by atoms with Gasteiger partial charge in [0.05, 0.1) is 6.61 Å². The van der Waals surface area contributed by atoms with E-state index in [-0.39, 0.29) is 19.4 Å². The van der Waals surface area contributed by atoms with Gasteiger partial charge in [-0.2, -0.15) is 0 Å². The predicted octanol–water partition coefficient (Wildman–Crippen LogP) is 2.07. The van der Waals surface area contributed by atoms with Gasteiger partial charge >= 0.3 is 18.1 Å². The van der Waals surface area contributed by atoms with E-state index in [1.54, 1.807) is 20.8 Å². The zero-order chi connectivity index (χ0) is 16.7. The zero-order valence-corrected chi connectivity index (χ0v) is 13.1. The fourth-order valence-electron chi connectivity index (χ4n) is 1.58. The number of unbranched alkanes of at least 4 members (excludes halogenated alkanes) is 1. The number of ether oxygens (including phenoxy) is 2. The van der Waals surface area contributed by atoms with Crippen molar-refractivity contribution in [3.05, 3.63) is 0 Å². The summed E-state index contributed by atoms with van der Waals surface area (Å²) in [6.45, 7) is 7.13. The van der Waals surface area contributed by atoms with Crippen LogP contribution in [-0.2, 0) is 19.1 Å². The van der Waals surface area contributed by atoms with Gasteiger partial charge in [-0.15, -0.1) is 0 Å². The standard InChI is InChI=1S/C14H25NO6/c1-5-6-9-20-12(19)21-10(16)7-8-14(15,11(17)18)13(2,3)4/h5-9,15H2,1-4H3,(H,17,18)/t14-/m0/s1. The Morgan fingerprint density at radius 3 is 2.19 bits per heavy atom.